The Kier molecular flexibility index (Phi) is 2.36. The van der Waals surface area contributed by atoms with E-state index in [0.29, 0.717) is 17.2 Å². The molecule has 0 fully saturated rings. The number of hydrogen-bond donors (Lipinski definition) is 2. The maximum absolute atomic E-state index is 10.8. The SMILES string of the molecule is Cc1ccc(-c2cc(C(=O)O)c(O)cn2)o1. The van der Waals surface area contributed by atoms with Crippen molar-refractivity contribution in [2.75, 3.05) is 0 Å². The first kappa shape index (κ1) is 10.2. The molecule has 0 unspecified atom stereocenters. The van der Waals surface area contributed by atoms with Gasteiger partial charge in [-0.05, 0) is 25.1 Å². The third kappa shape index (κ3) is 1.75. The Bertz CT molecular complexity index is 545. The molecule has 0 aliphatic rings. The molecule has 82 valence electrons. The smallest absolute Gasteiger partial charge is 0.339 e. The van der Waals surface area contributed by atoms with Gasteiger partial charge in [-0.25, -0.2) is 9.78 Å². The third-order valence-corrected chi connectivity index (χ3v) is 2.11. The van der Waals surface area contributed by atoms with Gasteiger partial charge in [0.05, 0.1) is 6.20 Å². The van der Waals surface area contributed by atoms with Crippen molar-refractivity contribution in [2.24, 2.45) is 0 Å². The van der Waals surface area contributed by atoms with Crippen LogP contribution < -0.4 is 0 Å². The number of aromatic hydroxyl groups is 1. The number of carbonyl (C=O) groups is 1. The number of furan rings is 1. The molecule has 0 atom stereocenters. The average molecular weight is 219 g/mol. The van der Waals surface area contributed by atoms with Crippen LogP contribution in [0.4, 0.5) is 0 Å². The number of aryl methyl sites for hydroxylation is 1. The Morgan fingerprint density at radius 2 is 2.19 bits per heavy atom. The number of hydrogen-bond acceptors (Lipinski definition) is 4. The van der Waals surface area contributed by atoms with E-state index in [1.165, 1.54) is 6.07 Å². The molecule has 2 aromatic rings. The van der Waals surface area contributed by atoms with Crippen LogP contribution in [-0.4, -0.2) is 21.2 Å². The van der Waals surface area contributed by atoms with Crippen LogP contribution in [0.25, 0.3) is 11.5 Å². The second-order valence-corrected chi connectivity index (χ2v) is 3.30. The molecule has 5 nitrogen and oxygen atoms in total. The van der Waals surface area contributed by atoms with E-state index in [4.69, 9.17) is 9.52 Å². The third-order valence-electron chi connectivity index (χ3n) is 2.11. The Hall–Kier alpha value is -2.30. The van der Waals surface area contributed by atoms with E-state index in [9.17, 15) is 9.90 Å². The van der Waals surface area contributed by atoms with E-state index < -0.39 is 5.97 Å². The van der Waals surface area contributed by atoms with Crippen molar-refractivity contribution in [1.82, 2.24) is 4.98 Å². The van der Waals surface area contributed by atoms with Crippen LogP contribution >= 0.6 is 0 Å². The van der Waals surface area contributed by atoms with E-state index in [-0.39, 0.29) is 11.3 Å². The predicted octanol–water partition coefficient (Wildman–Crippen LogP) is 2.05. The molecule has 0 amide bonds. The summed E-state index contributed by atoms with van der Waals surface area (Å²) in [6.07, 6.45) is 1.09. The lowest BCUT2D eigenvalue weighted by atomic mass is 10.2. The number of pyridine rings is 1. The molecule has 0 aliphatic heterocycles. The van der Waals surface area contributed by atoms with Crippen LogP contribution in [0.3, 0.4) is 0 Å². The first-order valence-electron chi connectivity index (χ1n) is 4.57. The summed E-state index contributed by atoms with van der Waals surface area (Å²) in [5, 5.41) is 18.1. The lowest BCUT2D eigenvalue weighted by Gasteiger charge is -2.01. The monoisotopic (exact) mass is 219 g/mol. The van der Waals surface area contributed by atoms with Crippen LogP contribution in [0.2, 0.25) is 0 Å². The van der Waals surface area contributed by atoms with Gasteiger partial charge in [0.2, 0.25) is 0 Å². The number of carboxylic acids is 1. The highest BCUT2D eigenvalue weighted by atomic mass is 16.4. The number of rotatable bonds is 2. The molecule has 0 aliphatic carbocycles. The molecule has 2 N–H and O–H groups in total. The lowest BCUT2D eigenvalue weighted by Crippen LogP contribution is -1.98. The summed E-state index contributed by atoms with van der Waals surface area (Å²) in [4.78, 5) is 14.7. The minimum absolute atomic E-state index is 0.195. The lowest BCUT2D eigenvalue weighted by molar-refractivity contribution is 0.0693. The minimum atomic E-state index is -1.20. The van der Waals surface area contributed by atoms with Crippen LogP contribution in [0, 0.1) is 6.92 Å². The number of nitrogens with zero attached hydrogens (tertiary/aromatic N) is 1. The Balaban J connectivity index is 2.51. The van der Waals surface area contributed by atoms with Crippen molar-refractivity contribution in [2.45, 2.75) is 6.92 Å². The summed E-state index contributed by atoms with van der Waals surface area (Å²) in [7, 11) is 0. The van der Waals surface area contributed by atoms with Gasteiger partial charge in [-0.3, -0.25) is 0 Å². The fraction of sp³-hybridized carbons (Fsp3) is 0.0909. The molecule has 0 radical (unpaired) electrons. The van der Waals surface area contributed by atoms with Gasteiger partial charge in [0.15, 0.2) is 5.76 Å². The van der Waals surface area contributed by atoms with Crippen molar-refractivity contribution < 1.29 is 19.4 Å². The van der Waals surface area contributed by atoms with E-state index in [1.54, 1.807) is 19.1 Å². The molecule has 0 aromatic carbocycles. The zero-order chi connectivity index (χ0) is 11.7. The Labute approximate surface area is 91.0 Å². The van der Waals surface area contributed by atoms with Gasteiger partial charge in [-0.15, -0.1) is 0 Å². The summed E-state index contributed by atoms with van der Waals surface area (Å²) in [5.41, 5.74) is 0.183. The number of carboxylic acid groups (broad SMARTS) is 1. The molecular formula is C11H9NO4. The van der Waals surface area contributed by atoms with Crippen LogP contribution in [0.5, 0.6) is 5.75 Å². The second kappa shape index (κ2) is 3.69. The van der Waals surface area contributed by atoms with Gasteiger partial charge in [0.1, 0.15) is 22.8 Å². The van der Waals surface area contributed by atoms with Gasteiger partial charge in [-0.1, -0.05) is 0 Å². The van der Waals surface area contributed by atoms with E-state index in [1.807, 2.05) is 0 Å². The zero-order valence-electron chi connectivity index (χ0n) is 8.47. The van der Waals surface area contributed by atoms with Crippen molar-refractivity contribution in [3.63, 3.8) is 0 Å². The average Bonchev–Trinajstić information content (AvgIpc) is 2.65. The summed E-state index contributed by atoms with van der Waals surface area (Å²) in [5.74, 6) is -0.384. The fourth-order valence-corrected chi connectivity index (χ4v) is 1.33. The highest BCUT2D eigenvalue weighted by Crippen LogP contribution is 2.24. The number of aromatic nitrogens is 1. The van der Waals surface area contributed by atoms with Gasteiger partial charge < -0.3 is 14.6 Å². The predicted molar refractivity (Wildman–Crippen MR) is 55.3 cm³/mol. The first-order valence-corrected chi connectivity index (χ1v) is 4.57. The molecule has 0 bridgehead atoms. The topological polar surface area (TPSA) is 83.6 Å². The standard InChI is InChI=1S/C11H9NO4/c1-6-2-3-10(16-6)8-4-7(11(14)15)9(13)5-12-8/h2-5,13H,1H3,(H,14,15). The van der Waals surface area contributed by atoms with Crippen LogP contribution in [0.1, 0.15) is 16.1 Å². The maximum Gasteiger partial charge on any atom is 0.339 e. The zero-order valence-corrected chi connectivity index (χ0v) is 8.47. The van der Waals surface area contributed by atoms with E-state index in [0.717, 1.165) is 6.20 Å². The van der Waals surface area contributed by atoms with Crippen molar-refractivity contribution >= 4 is 5.97 Å². The quantitative estimate of drug-likeness (QED) is 0.807. The highest BCUT2D eigenvalue weighted by molar-refractivity contribution is 5.91. The second-order valence-electron chi connectivity index (χ2n) is 3.30. The fourth-order valence-electron chi connectivity index (χ4n) is 1.33. The molecular weight excluding hydrogens is 210 g/mol. The van der Waals surface area contributed by atoms with Crippen LogP contribution in [0.15, 0.2) is 28.8 Å². The molecule has 5 heteroatoms. The molecule has 2 heterocycles. The highest BCUT2D eigenvalue weighted by Gasteiger charge is 2.13. The summed E-state index contributed by atoms with van der Waals surface area (Å²) in [6.45, 7) is 1.78. The molecule has 2 rings (SSSR count). The van der Waals surface area contributed by atoms with E-state index >= 15 is 0 Å². The van der Waals surface area contributed by atoms with Gasteiger partial charge >= 0.3 is 5.97 Å². The van der Waals surface area contributed by atoms with E-state index in [2.05, 4.69) is 4.98 Å². The summed E-state index contributed by atoms with van der Waals surface area (Å²) >= 11 is 0. The van der Waals surface area contributed by atoms with Gasteiger partial charge in [0.25, 0.3) is 0 Å². The molecule has 16 heavy (non-hydrogen) atoms. The summed E-state index contributed by atoms with van der Waals surface area (Å²) < 4.78 is 5.31. The molecule has 0 spiro atoms. The van der Waals surface area contributed by atoms with Crippen LogP contribution in [-0.2, 0) is 0 Å². The van der Waals surface area contributed by atoms with Gasteiger partial charge in [0, 0.05) is 0 Å². The maximum atomic E-state index is 10.8. The normalized spacial score (nSPS) is 10.3. The minimum Gasteiger partial charge on any atom is -0.505 e. The molecule has 0 saturated carbocycles. The largest absolute Gasteiger partial charge is 0.505 e. The Morgan fingerprint density at radius 3 is 2.75 bits per heavy atom. The van der Waals surface area contributed by atoms with Gasteiger partial charge in [-0.2, -0.15) is 0 Å². The summed E-state index contributed by atoms with van der Waals surface area (Å²) in [6, 6.07) is 4.72. The first-order chi connectivity index (χ1) is 7.58. The Morgan fingerprint density at radius 1 is 1.44 bits per heavy atom. The van der Waals surface area contributed by atoms with Crippen molar-refractivity contribution in [1.29, 1.82) is 0 Å². The molecule has 0 saturated heterocycles. The number of aromatic carboxylic acids is 1. The molecule has 2 aromatic heterocycles. The van der Waals surface area contributed by atoms with Crippen molar-refractivity contribution in [3.05, 3.63) is 35.7 Å². The van der Waals surface area contributed by atoms with Crippen molar-refractivity contribution in [3.8, 4) is 17.2 Å².